The molecule has 0 heterocycles. The summed E-state index contributed by atoms with van der Waals surface area (Å²) in [5.74, 6) is 0.273. The first kappa shape index (κ1) is 17.6. The lowest BCUT2D eigenvalue weighted by molar-refractivity contribution is 0.281. The summed E-state index contributed by atoms with van der Waals surface area (Å²) in [6.07, 6.45) is 0. The van der Waals surface area contributed by atoms with E-state index in [2.05, 4.69) is 53.7 Å². The molecule has 0 aliphatic rings. The Kier molecular flexibility index (Phi) is 4.59. The van der Waals surface area contributed by atoms with Crippen molar-refractivity contribution in [1.82, 2.24) is 0 Å². The average molecular weight is 312 g/mol. The van der Waals surface area contributed by atoms with Crippen molar-refractivity contribution in [3.05, 3.63) is 53.1 Å². The Bertz CT molecular complexity index is 648. The highest BCUT2D eigenvalue weighted by Gasteiger charge is 2.27. The maximum Gasteiger partial charge on any atom is 0.115 e. The van der Waals surface area contributed by atoms with Gasteiger partial charge in [0.15, 0.2) is 0 Å². The van der Waals surface area contributed by atoms with Gasteiger partial charge in [-0.05, 0) is 50.8 Å². The summed E-state index contributed by atoms with van der Waals surface area (Å²) in [7, 11) is 0. The van der Waals surface area contributed by atoms with Gasteiger partial charge in [-0.2, -0.15) is 0 Å². The number of phenolic OH excluding ortho intramolecular Hbond substituents is 1. The van der Waals surface area contributed by atoms with E-state index in [1.807, 2.05) is 12.1 Å². The second-order valence-electron chi connectivity index (χ2n) is 8.27. The first-order valence-corrected chi connectivity index (χ1v) is 8.12. The fourth-order valence-corrected chi connectivity index (χ4v) is 2.92. The molecule has 2 aromatic carbocycles. The van der Waals surface area contributed by atoms with E-state index in [0.29, 0.717) is 0 Å². The normalized spacial score (nSPS) is 12.5. The minimum Gasteiger partial charge on any atom is -0.508 e. The van der Waals surface area contributed by atoms with Crippen LogP contribution in [0.2, 0.25) is 0 Å². The number of hydrogen-bond donors (Lipinski definition) is 2. The lowest BCUT2D eigenvalue weighted by atomic mass is 9.73. The van der Waals surface area contributed by atoms with Gasteiger partial charge < -0.3 is 10.2 Å². The Labute approximate surface area is 139 Å². The lowest BCUT2D eigenvalue weighted by Crippen LogP contribution is -2.20. The third-order valence-corrected chi connectivity index (χ3v) is 4.15. The lowest BCUT2D eigenvalue weighted by Gasteiger charge is -2.31. The van der Waals surface area contributed by atoms with Gasteiger partial charge in [-0.15, -0.1) is 0 Å². The van der Waals surface area contributed by atoms with Crippen molar-refractivity contribution in [2.24, 2.45) is 0 Å². The summed E-state index contributed by atoms with van der Waals surface area (Å²) in [5, 5.41) is 19.3. The van der Waals surface area contributed by atoms with Crippen LogP contribution in [-0.2, 0) is 17.4 Å². The molecule has 0 amide bonds. The maximum absolute atomic E-state index is 9.68. The van der Waals surface area contributed by atoms with E-state index in [1.165, 1.54) is 16.7 Å². The predicted octanol–water partition coefficient (Wildman–Crippen LogP) is 5.15. The smallest absolute Gasteiger partial charge is 0.115 e. The van der Waals surface area contributed by atoms with Crippen LogP contribution in [0.5, 0.6) is 5.75 Å². The van der Waals surface area contributed by atoms with Crippen LogP contribution in [0.3, 0.4) is 0 Å². The highest BCUT2D eigenvalue weighted by atomic mass is 16.3. The Morgan fingerprint density at radius 3 is 1.57 bits per heavy atom. The molecule has 2 heteroatoms. The molecule has 0 aliphatic carbocycles. The van der Waals surface area contributed by atoms with E-state index in [-0.39, 0.29) is 23.2 Å². The summed E-state index contributed by atoms with van der Waals surface area (Å²) in [4.78, 5) is 0. The third kappa shape index (κ3) is 3.76. The van der Waals surface area contributed by atoms with E-state index < -0.39 is 0 Å². The van der Waals surface area contributed by atoms with Crippen molar-refractivity contribution in [3.8, 4) is 16.9 Å². The van der Waals surface area contributed by atoms with Crippen LogP contribution in [0, 0.1) is 0 Å². The highest BCUT2D eigenvalue weighted by molar-refractivity contribution is 5.74. The van der Waals surface area contributed by atoms with Crippen LogP contribution < -0.4 is 0 Å². The summed E-state index contributed by atoms with van der Waals surface area (Å²) in [6, 6.07) is 11.6. The molecule has 2 rings (SSSR count). The molecule has 0 aliphatic heterocycles. The summed E-state index contributed by atoms with van der Waals surface area (Å²) in [5.41, 5.74) is 5.61. The van der Waals surface area contributed by atoms with Gasteiger partial charge in [-0.3, -0.25) is 0 Å². The predicted molar refractivity (Wildman–Crippen MR) is 96.9 cm³/mol. The second-order valence-corrected chi connectivity index (χ2v) is 8.27. The topological polar surface area (TPSA) is 40.5 Å². The van der Waals surface area contributed by atoms with Crippen molar-refractivity contribution in [3.63, 3.8) is 0 Å². The molecule has 23 heavy (non-hydrogen) atoms. The fourth-order valence-electron chi connectivity index (χ4n) is 2.92. The molecule has 2 N–H and O–H groups in total. The SMILES string of the molecule is CC(C)(C)c1cc(CO)cc(C(C)(C)C)c1-c1ccc(O)cc1. The van der Waals surface area contributed by atoms with Crippen LogP contribution in [0.15, 0.2) is 36.4 Å². The van der Waals surface area contributed by atoms with Crippen LogP contribution >= 0.6 is 0 Å². The Balaban J connectivity index is 2.87. The van der Waals surface area contributed by atoms with E-state index in [0.717, 1.165) is 11.1 Å². The van der Waals surface area contributed by atoms with Crippen molar-refractivity contribution in [2.75, 3.05) is 0 Å². The molecule has 2 nitrogen and oxygen atoms in total. The maximum atomic E-state index is 9.68. The quantitative estimate of drug-likeness (QED) is 0.805. The number of benzene rings is 2. The van der Waals surface area contributed by atoms with Gasteiger partial charge in [-0.1, -0.05) is 65.8 Å². The van der Waals surface area contributed by atoms with Crippen molar-refractivity contribution in [2.45, 2.75) is 59.0 Å². The Hall–Kier alpha value is -1.80. The summed E-state index contributed by atoms with van der Waals surface area (Å²) < 4.78 is 0. The van der Waals surface area contributed by atoms with Gasteiger partial charge >= 0.3 is 0 Å². The summed E-state index contributed by atoms with van der Waals surface area (Å²) in [6.45, 7) is 13.2. The van der Waals surface area contributed by atoms with E-state index in [1.54, 1.807) is 12.1 Å². The standard InChI is InChI=1S/C21H28O2/c1-20(2,3)17-11-14(13-22)12-18(21(4,5)6)19(17)15-7-9-16(23)10-8-15/h7-12,22-23H,13H2,1-6H3. The molecule has 124 valence electrons. The minimum atomic E-state index is -0.0433. The van der Waals surface area contributed by atoms with Gasteiger partial charge in [-0.25, -0.2) is 0 Å². The highest BCUT2D eigenvalue weighted by Crippen LogP contribution is 2.41. The second kappa shape index (κ2) is 6.01. The molecule has 0 radical (unpaired) electrons. The molecular formula is C21H28O2. The molecule has 0 saturated carbocycles. The number of aromatic hydroxyl groups is 1. The molecule has 0 unspecified atom stereocenters. The van der Waals surface area contributed by atoms with Gasteiger partial charge in [0, 0.05) is 0 Å². The largest absolute Gasteiger partial charge is 0.508 e. The Morgan fingerprint density at radius 2 is 1.22 bits per heavy atom. The molecule has 0 fully saturated rings. The molecule has 2 aromatic rings. The van der Waals surface area contributed by atoms with Crippen molar-refractivity contribution >= 4 is 0 Å². The zero-order valence-corrected chi connectivity index (χ0v) is 15.1. The number of aliphatic hydroxyl groups is 1. The van der Waals surface area contributed by atoms with E-state index >= 15 is 0 Å². The van der Waals surface area contributed by atoms with Gasteiger partial charge in [0.25, 0.3) is 0 Å². The Morgan fingerprint density at radius 1 is 0.783 bits per heavy atom. The monoisotopic (exact) mass is 312 g/mol. The van der Waals surface area contributed by atoms with E-state index in [4.69, 9.17) is 0 Å². The number of hydrogen-bond acceptors (Lipinski definition) is 2. The zero-order valence-electron chi connectivity index (χ0n) is 15.1. The average Bonchev–Trinajstić information content (AvgIpc) is 2.45. The van der Waals surface area contributed by atoms with Crippen LogP contribution in [0.25, 0.3) is 11.1 Å². The first-order valence-electron chi connectivity index (χ1n) is 8.12. The molecule has 0 spiro atoms. The fraction of sp³-hybridized carbons (Fsp3) is 0.429. The van der Waals surface area contributed by atoms with Gasteiger partial charge in [0.05, 0.1) is 6.61 Å². The van der Waals surface area contributed by atoms with Crippen LogP contribution in [-0.4, -0.2) is 10.2 Å². The molecule has 0 bridgehead atoms. The zero-order chi connectivity index (χ0) is 17.4. The summed E-state index contributed by atoms with van der Waals surface area (Å²) >= 11 is 0. The van der Waals surface area contributed by atoms with Crippen LogP contribution in [0.4, 0.5) is 0 Å². The number of aliphatic hydroxyl groups excluding tert-OH is 1. The third-order valence-electron chi connectivity index (χ3n) is 4.15. The van der Waals surface area contributed by atoms with Gasteiger partial charge in [0.1, 0.15) is 5.75 Å². The molecule has 0 aromatic heterocycles. The van der Waals surface area contributed by atoms with Gasteiger partial charge in [0.2, 0.25) is 0 Å². The van der Waals surface area contributed by atoms with Crippen LogP contribution in [0.1, 0.15) is 58.2 Å². The molecular weight excluding hydrogens is 284 g/mol. The van der Waals surface area contributed by atoms with E-state index in [9.17, 15) is 10.2 Å². The first-order chi connectivity index (χ1) is 10.5. The number of phenols is 1. The minimum absolute atomic E-state index is 0.0433. The number of rotatable bonds is 2. The molecule has 0 saturated heterocycles. The van der Waals surface area contributed by atoms with Crippen molar-refractivity contribution < 1.29 is 10.2 Å². The molecule has 0 atom stereocenters. The van der Waals surface area contributed by atoms with Crippen molar-refractivity contribution in [1.29, 1.82) is 0 Å².